The number of alkyl halides is 3. The number of nitrogens with zero attached hydrogens (tertiary/aromatic N) is 3. The monoisotopic (exact) mass is 268 g/mol. The molecule has 3 aromatic heterocycles. The van der Waals surface area contributed by atoms with E-state index in [2.05, 4.69) is 10.1 Å². The second-order valence-corrected chi connectivity index (χ2v) is 3.83. The van der Waals surface area contributed by atoms with Gasteiger partial charge in [-0.2, -0.15) is 22.8 Å². The molecule has 3 heterocycles. The van der Waals surface area contributed by atoms with Crippen LogP contribution in [0.4, 0.5) is 19.0 Å². The normalized spacial score (nSPS) is 12.2. The lowest BCUT2D eigenvalue weighted by atomic mass is 10.3. The fourth-order valence-corrected chi connectivity index (χ4v) is 1.74. The van der Waals surface area contributed by atoms with Gasteiger partial charge >= 0.3 is 6.18 Å². The number of hydrogen-bond donors (Lipinski definition) is 1. The Labute approximate surface area is 104 Å². The Morgan fingerprint density at radius 3 is 2.74 bits per heavy atom. The zero-order valence-corrected chi connectivity index (χ0v) is 9.35. The number of aromatic nitrogens is 3. The first kappa shape index (κ1) is 11.6. The van der Waals surface area contributed by atoms with Gasteiger partial charge in [-0.1, -0.05) is 0 Å². The van der Waals surface area contributed by atoms with Crippen molar-refractivity contribution in [1.82, 2.24) is 14.6 Å². The van der Waals surface area contributed by atoms with Crippen LogP contribution >= 0.6 is 0 Å². The van der Waals surface area contributed by atoms with E-state index in [4.69, 9.17) is 10.2 Å². The fourth-order valence-electron chi connectivity index (χ4n) is 1.74. The van der Waals surface area contributed by atoms with Gasteiger partial charge in [0.1, 0.15) is 17.1 Å². The summed E-state index contributed by atoms with van der Waals surface area (Å²) in [5.74, 6) is 0.385. The van der Waals surface area contributed by atoms with E-state index in [0.717, 1.165) is 4.52 Å². The van der Waals surface area contributed by atoms with Crippen LogP contribution < -0.4 is 5.73 Å². The van der Waals surface area contributed by atoms with E-state index in [1.54, 1.807) is 12.1 Å². The van der Waals surface area contributed by atoms with Gasteiger partial charge in [-0.25, -0.2) is 4.98 Å². The van der Waals surface area contributed by atoms with Gasteiger partial charge in [0, 0.05) is 6.07 Å². The second-order valence-electron chi connectivity index (χ2n) is 3.83. The van der Waals surface area contributed by atoms with E-state index >= 15 is 0 Å². The fraction of sp³-hybridized carbons (Fsp3) is 0.0909. The van der Waals surface area contributed by atoms with Crippen molar-refractivity contribution in [3.05, 3.63) is 36.2 Å². The zero-order valence-electron chi connectivity index (χ0n) is 9.35. The summed E-state index contributed by atoms with van der Waals surface area (Å²) in [4.78, 5) is 3.91. The smallest absolute Gasteiger partial charge is 0.421 e. The van der Waals surface area contributed by atoms with Crippen LogP contribution in [0.25, 0.3) is 17.1 Å². The second kappa shape index (κ2) is 3.74. The molecule has 98 valence electrons. The van der Waals surface area contributed by atoms with E-state index < -0.39 is 11.7 Å². The average Bonchev–Trinajstić information content (AvgIpc) is 2.96. The van der Waals surface area contributed by atoms with E-state index in [1.807, 2.05) is 0 Å². The molecular weight excluding hydrogens is 261 g/mol. The maximum Gasteiger partial charge on any atom is 0.421 e. The Balaban J connectivity index is 2.29. The highest BCUT2D eigenvalue weighted by molar-refractivity contribution is 5.63. The molecule has 0 bridgehead atoms. The highest BCUT2D eigenvalue weighted by Gasteiger charge is 2.35. The Morgan fingerprint density at radius 2 is 2.11 bits per heavy atom. The molecule has 5 nitrogen and oxygen atoms in total. The minimum absolute atomic E-state index is 0.0481. The lowest BCUT2D eigenvalue weighted by Gasteiger charge is -2.05. The Morgan fingerprint density at radius 1 is 1.32 bits per heavy atom. The van der Waals surface area contributed by atoms with Crippen LogP contribution in [-0.4, -0.2) is 14.6 Å². The predicted molar refractivity (Wildman–Crippen MR) is 60.1 cm³/mol. The standard InChI is InChI=1S/C11H7F3N4O/c12-11(13,14)6-5-16-18-9(15)4-7(17-10(6)18)8-2-1-3-19-8/h1-5H,15H2. The number of rotatable bonds is 1. The zero-order chi connectivity index (χ0) is 13.6. The van der Waals surface area contributed by atoms with Crippen LogP contribution in [0.1, 0.15) is 5.56 Å². The number of halogens is 3. The van der Waals surface area contributed by atoms with Gasteiger partial charge in [-0.05, 0) is 12.1 Å². The molecule has 0 unspecified atom stereocenters. The third kappa shape index (κ3) is 1.81. The molecule has 0 aliphatic heterocycles. The topological polar surface area (TPSA) is 69.3 Å². The first-order chi connectivity index (χ1) is 8.97. The van der Waals surface area contributed by atoms with Crippen LogP contribution in [0.2, 0.25) is 0 Å². The van der Waals surface area contributed by atoms with Gasteiger partial charge in [0.05, 0.1) is 12.5 Å². The Bertz CT molecular complexity index is 730. The quantitative estimate of drug-likeness (QED) is 0.736. The van der Waals surface area contributed by atoms with Gasteiger partial charge < -0.3 is 10.2 Å². The lowest BCUT2D eigenvalue weighted by Crippen LogP contribution is -2.07. The minimum atomic E-state index is -4.54. The molecule has 3 aromatic rings. The van der Waals surface area contributed by atoms with Gasteiger partial charge in [-0.3, -0.25) is 0 Å². The van der Waals surface area contributed by atoms with Crippen LogP contribution in [0.5, 0.6) is 0 Å². The molecule has 0 aliphatic carbocycles. The lowest BCUT2D eigenvalue weighted by molar-refractivity contribution is -0.136. The molecule has 0 amide bonds. The molecule has 0 radical (unpaired) electrons. The maximum atomic E-state index is 12.8. The van der Waals surface area contributed by atoms with Gasteiger partial charge in [-0.15, -0.1) is 0 Å². The number of fused-ring (bicyclic) bond motifs is 1. The van der Waals surface area contributed by atoms with E-state index in [1.165, 1.54) is 12.3 Å². The third-order valence-electron chi connectivity index (χ3n) is 2.58. The molecule has 0 spiro atoms. The number of hydrogen-bond acceptors (Lipinski definition) is 4. The van der Waals surface area contributed by atoms with E-state index in [9.17, 15) is 13.2 Å². The summed E-state index contributed by atoms with van der Waals surface area (Å²) in [5, 5.41) is 3.59. The summed E-state index contributed by atoms with van der Waals surface area (Å²) in [6.45, 7) is 0. The highest BCUT2D eigenvalue weighted by Crippen LogP contribution is 2.33. The summed E-state index contributed by atoms with van der Waals surface area (Å²) in [5.41, 5.74) is 4.61. The van der Waals surface area contributed by atoms with Crippen LogP contribution in [0, 0.1) is 0 Å². The van der Waals surface area contributed by atoms with Crippen molar-refractivity contribution in [3.63, 3.8) is 0 Å². The van der Waals surface area contributed by atoms with E-state index in [-0.39, 0.29) is 17.2 Å². The summed E-state index contributed by atoms with van der Waals surface area (Å²) < 4.78 is 44.4. The molecule has 0 saturated heterocycles. The van der Waals surface area contributed by atoms with Crippen molar-refractivity contribution in [3.8, 4) is 11.5 Å². The molecule has 19 heavy (non-hydrogen) atoms. The number of nitrogens with two attached hydrogens (primary N) is 1. The molecule has 2 N–H and O–H groups in total. The molecular formula is C11H7F3N4O. The summed E-state index contributed by atoms with van der Waals surface area (Å²) in [7, 11) is 0. The average molecular weight is 268 g/mol. The maximum absolute atomic E-state index is 12.8. The van der Waals surface area contributed by atoms with Crippen molar-refractivity contribution in [2.24, 2.45) is 0 Å². The summed E-state index contributed by atoms with van der Waals surface area (Å²) in [6, 6.07) is 4.60. The highest BCUT2D eigenvalue weighted by atomic mass is 19.4. The van der Waals surface area contributed by atoms with Crippen molar-refractivity contribution in [2.45, 2.75) is 6.18 Å². The molecule has 0 saturated carbocycles. The molecule has 0 aliphatic rings. The van der Waals surface area contributed by atoms with Crippen molar-refractivity contribution < 1.29 is 17.6 Å². The minimum Gasteiger partial charge on any atom is -0.463 e. The Hall–Kier alpha value is -2.51. The van der Waals surface area contributed by atoms with Gasteiger partial charge in [0.25, 0.3) is 0 Å². The van der Waals surface area contributed by atoms with Crippen LogP contribution in [-0.2, 0) is 6.18 Å². The van der Waals surface area contributed by atoms with Crippen LogP contribution in [0.15, 0.2) is 35.1 Å². The largest absolute Gasteiger partial charge is 0.463 e. The number of anilines is 1. The van der Waals surface area contributed by atoms with Crippen molar-refractivity contribution >= 4 is 11.5 Å². The van der Waals surface area contributed by atoms with Crippen LogP contribution in [0.3, 0.4) is 0 Å². The first-order valence-electron chi connectivity index (χ1n) is 5.22. The molecule has 3 rings (SSSR count). The Kier molecular flexibility index (Phi) is 2.28. The van der Waals surface area contributed by atoms with E-state index in [0.29, 0.717) is 12.0 Å². The van der Waals surface area contributed by atoms with Gasteiger partial charge in [0.15, 0.2) is 11.4 Å². The van der Waals surface area contributed by atoms with Crippen molar-refractivity contribution in [2.75, 3.05) is 5.73 Å². The first-order valence-corrected chi connectivity index (χ1v) is 5.22. The third-order valence-corrected chi connectivity index (χ3v) is 2.58. The SMILES string of the molecule is Nc1cc(-c2ccco2)nc2c(C(F)(F)F)cnn12. The molecule has 0 atom stereocenters. The summed E-state index contributed by atoms with van der Waals surface area (Å²) >= 11 is 0. The molecule has 8 heteroatoms. The molecule has 0 fully saturated rings. The van der Waals surface area contributed by atoms with Crippen molar-refractivity contribution in [1.29, 1.82) is 0 Å². The van der Waals surface area contributed by atoms with Gasteiger partial charge in [0.2, 0.25) is 0 Å². The molecule has 0 aromatic carbocycles. The number of nitrogen functional groups attached to an aromatic ring is 1. The summed E-state index contributed by atoms with van der Waals surface area (Å²) in [6.07, 6.45) is -2.44. The number of furan rings is 1. The predicted octanol–water partition coefficient (Wildman–Crippen LogP) is 2.59.